The SMILES string of the molecule is CCNC(=NCC(O)c1cc(Cl)cc(Cl)c1)NCCCCC(F)(F)F. The Balaban J connectivity index is 2.51. The highest BCUT2D eigenvalue weighted by Crippen LogP contribution is 2.24. The van der Waals surface area contributed by atoms with Crippen molar-refractivity contribution in [3.05, 3.63) is 33.8 Å². The monoisotopic (exact) mass is 399 g/mol. The van der Waals surface area contributed by atoms with Crippen LogP contribution in [0.5, 0.6) is 0 Å². The van der Waals surface area contributed by atoms with E-state index < -0.39 is 18.7 Å². The number of nitrogens with one attached hydrogen (secondary N) is 2. The Morgan fingerprint density at radius 1 is 1.16 bits per heavy atom. The van der Waals surface area contributed by atoms with Crippen molar-refractivity contribution < 1.29 is 18.3 Å². The van der Waals surface area contributed by atoms with E-state index in [4.69, 9.17) is 23.2 Å². The lowest BCUT2D eigenvalue weighted by atomic mass is 10.1. The van der Waals surface area contributed by atoms with Crippen molar-refractivity contribution in [3.8, 4) is 0 Å². The van der Waals surface area contributed by atoms with Crippen molar-refractivity contribution in [3.63, 3.8) is 0 Å². The number of guanidine groups is 1. The van der Waals surface area contributed by atoms with Gasteiger partial charge in [-0.25, -0.2) is 0 Å². The van der Waals surface area contributed by atoms with Crippen LogP contribution >= 0.6 is 23.2 Å². The van der Waals surface area contributed by atoms with Gasteiger partial charge in [0.1, 0.15) is 0 Å². The smallest absolute Gasteiger partial charge is 0.386 e. The molecule has 0 bridgehead atoms. The summed E-state index contributed by atoms with van der Waals surface area (Å²) in [5, 5.41) is 16.9. The van der Waals surface area contributed by atoms with Crippen LogP contribution in [0.1, 0.15) is 37.9 Å². The Kier molecular flexibility index (Phi) is 9.38. The molecular weight excluding hydrogens is 378 g/mol. The van der Waals surface area contributed by atoms with Crippen molar-refractivity contribution >= 4 is 29.2 Å². The molecule has 0 radical (unpaired) electrons. The fraction of sp³-hybridized carbons (Fsp3) is 0.562. The number of unbranched alkanes of at least 4 members (excludes halogenated alkanes) is 1. The topological polar surface area (TPSA) is 56.7 Å². The van der Waals surface area contributed by atoms with E-state index in [0.717, 1.165) is 0 Å². The van der Waals surface area contributed by atoms with Crippen molar-refractivity contribution in [2.45, 2.75) is 38.5 Å². The maximum atomic E-state index is 12.1. The number of aliphatic hydroxyl groups excluding tert-OH is 1. The van der Waals surface area contributed by atoms with E-state index in [-0.39, 0.29) is 13.0 Å². The van der Waals surface area contributed by atoms with E-state index in [0.29, 0.717) is 41.1 Å². The summed E-state index contributed by atoms with van der Waals surface area (Å²) in [6.45, 7) is 2.89. The van der Waals surface area contributed by atoms with Crippen molar-refractivity contribution in [2.75, 3.05) is 19.6 Å². The largest absolute Gasteiger partial charge is 0.389 e. The molecule has 9 heteroatoms. The lowest BCUT2D eigenvalue weighted by molar-refractivity contribution is -0.135. The van der Waals surface area contributed by atoms with Gasteiger partial charge >= 0.3 is 6.18 Å². The van der Waals surface area contributed by atoms with Gasteiger partial charge in [0, 0.05) is 29.6 Å². The minimum atomic E-state index is -4.12. The molecule has 0 amide bonds. The molecular formula is C16H22Cl2F3N3O. The second-order valence-electron chi connectivity index (χ2n) is 5.44. The molecule has 0 fully saturated rings. The summed E-state index contributed by atoms with van der Waals surface area (Å²) in [5.41, 5.74) is 0.544. The average Bonchev–Trinajstić information content (AvgIpc) is 2.49. The van der Waals surface area contributed by atoms with Gasteiger partial charge in [-0.05, 0) is 43.5 Å². The molecule has 0 aromatic heterocycles. The first kappa shape index (κ1) is 21.9. The number of hydrogen-bond donors (Lipinski definition) is 3. The minimum absolute atomic E-state index is 0.0551. The van der Waals surface area contributed by atoms with Gasteiger partial charge in [-0.1, -0.05) is 23.2 Å². The Labute approximate surface area is 155 Å². The number of aliphatic imine (C=N–C) groups is 1. The number of alkyl halides is 3. The Morgan fingerprint density at radius 3 is 2.36 bits per heavy atom. The van der Waals surface area contributed by atoms with Gasteiger partial charge < -0.3 is 15.7 Å². The summed E-state index contributed by atoms with van der Waals surface area (Å²) in [6, 6.07) is 4.77. The molecule has 1 atom stereocenters. The van der Waals surface area contributed by atoms with Gasteiger partial charge in [0.15, 0.2) is 5.96 Å². The van der Waals surface area contributed by atoms with E-state index in [9.17, 15) is 18.3 Å². The second kappa shape index (κ2) is 10.7. The molecule has 1 aromatic rings. The van der Waals surface area contributed by atoms with Gasteiger partial charge in [0.2, 0.25) is 0 Å². The molecule has 0 saturated carbocycles. The summed E-state index contributed by atoms with van der Waals surface area (Å²) in [4.78, 5) is 4.23. The predicted octanol–water partition coefficient (Wildman–Crippen LogP) is 4.31. The quantitative estimate of drug-likeness (QED) is 0.346. The minimum Gasteiger partial charge on any atom is -0.386 e. The molecule has 1 aromatic carbocycles. The molecule has 4 nitrogen and oxygen atoms in total. The van der Waals surface area contributed by atoms with E-state index in [1.165, 1.54) is 0 Å². The highest BCUT2D eigenvalue weighted by molar-refractivity contribution is 6.34. The molecule has 0 aliphatic rings. The van der Waals surface area contributed by atoms with Crippen molar-refractivity contribution in [1.29, 1.82) is 0 Å². The van der Waals surface area contributed by atoms with Crippen LogP contribution in [0.4, 0.5) is 13.2 Å². The first-order chi connectivity index (χ1) is 11.7. The molecule has 1 rings (SSSR count). The summed E-state index contributed by atoms with van der Waals surface area (Å²) in [6.07, 6.45) is -5.38. The third-order valence-corrected chi connectivity index (χ3v) is 3.65. The molecule has 25 heavy (non-hydrogen) atoms. The number of rotatable bonds is 8. The van der Waals surface area contributed by atoms with E-state index in [2.05, 4.69) is 15.6 Å². The summed E-state index contributed by atoms with van der Waals surface area (Å²) in [5.74, 6) is 0.432. The predicted molar refractivity (Wildman–Crippen MR) is 95.3 cm³/mol. The third-order valence-electron chi connectivity index (χ3n) is 3.22. The van der Waals surface area contributed by atoms with Crippen molar-refractivity contribution in [1.82, 2.24) is 10.6 Å². The molecule has 0 spiro atoms. The van der Waals surface area contributed by atoms with Crippen LogP contribution in [0, 0.1) is 0 Å². The molecule has 3 N–H and O–H groups in total. The number of aliphatic hydroxyl groups is 1. The van der Waals surface area contributed by atoms with Gasteiger partial charge in [-0.15, -0.1) is 0 Å². The van der Waals surface area contributed by atoms with Crippen molar-refractivity contribution in [2.24, 2.45) is 4.99 Å². The molecule has 0 saturated heterocycles. The Morgan fingerprint density at radius 2 is 1.80 bits per heavy atom. The van der Waals surface area contributed by atoms with Crippen LogP contribution in [-0.4, -0.2) is 36.9 Å². The molecule has 0 aliphatic carbocycles. The van der Waals surface area contributed by atoms with Crippen LogP contribution in [0.2, 0.25) is 10.0 Å². The standard InChI is InChI=1S/C16H22Cl2F3N3O/c1-2-22-15(23-6-4-3-5-16(19,20)21)24-10-14(25)11-7-12(17)9-13(18)8-11/h7-9,14,25H,2-6,10H2,1H3,(H2,22,23,24). The summed E-state index contributed by atoms with van der Waals surface area (Å²) >= 11 is 11.8. The number of benzene rings is 1. The summed E-state index contributed by atoms with van der Waals surface area (Å²) in [7, 11) is 0. The van der Waals surface area contributed by atoms with Gasteiger partial charge in [-0.2, -0.15) is 13.2 Å². The van der Waals surface area contributed by atoms with Crippen LogP contribution in [-0.2, 0) is 0 Å². The van der Waals surface area contributed by atoms with E-state index in [1.807, 2.05) is 6.92 Å². The first-order valence-electron chi connectivity index (χ1n) is 7.94. The fourth-order valence-electron chi connectivity index (χ4n) is 2.05. The maximum absolute atomic E-state index is 12.1. The maximum Gasteiger partial charge on any atom is 0.389 e. The van der Waals surface area contributed by atoms with Crippen LogP contribution in [0.25, 0.3) is 0 Å². The summed E-state index contributed by atoms with van der Waals surface area (Å²) < 4.78 is 36.3. The average molecular weight is 400 g/mol. The zero-order valence-electron chi connectivity index (χ0n) is 13.8. The Hall–Kier alpha value is -1.18. The fourth-order valence-corrected chi connectivity index (χ4v) is 2.59. The second-order valence-corrected chi connectivity index (χ2v) is 6.31. The zero-order chi connectivity index (χ0) is 18.9. The molecule has 142 valence electrons. The normalized spacial score (nSPS) is 13.6. The van der Waals surface area contributed by atoms with E-state index >= 15 is 0 Å². The van der Waals surface area contributed by atoms with Crippen LogP contribution in [0.15, 0.2) is 23.2 Å². The lowest BCUT2D eigenvalue weighted by Crippen LogP contribution is -2.38. The Bertz CT molecular complexity index is 548. The highest BCUT2D eigenvalue weighted by Gasteiger charge is 2.25. The first-order valence-corrected chi connectivity index (χ1v) is 8.70. The van der Waals surface area contributed by atoms with Crippen LogP contribution in [0.3, 0.4) is 0 Å². The van der Waals surface area contributed by atoms with Gasteiger partial charge in [-0.3, -0.25) is 4.99 Å². The third kappa shape index (κ3) is 9.77. The van der Waals surface area contributed by atoms with Gasteiger partial charge in [0.05, 0.1) is 12.6 Å². The van der Waals surface area contributed by atoms with E-state index in [1.54, 1.807) is 18.2 Å². The highest BCUT2D eigenvalue weighted by atomic mass is 35.5. The number of nitrogens with zero attached hydrogens (tertiary/aromatic N) is 1. The number of hydrogen-bond acceptors (Lipinski definition) is 2. The van der Waals surface area contributed by atoms with Crippen LogP contribution < -0.4 is 10.6 Å². The zero-order valence-corrected chi connectivity index (χ0v) is 15.3. The van der Waals surface area contributed by atoms with Gasteiger partial charge in [0.25, 0.3) is 0 Å². The molecule has 0 aliphatic heterocycles. The lowest BCUT2D eigenvalue weighted by Gasteiger charge is -2.14. The molecule has 1 unspecified atom stereocenters. The molecule has 0 heterocycles. The number of halogens is 5.